The molecule has 0 aromatic carbocycles. The number of hydrogen-bond donors (Lipinski definition) is 3. The lowest BCUT2D eigenvalue weighted by molar-refractivity contribution is 0.423. The molecule has 0 aliphatic carbocycles. The number of rotatable bonds is 16. The maximum Gasteiger partial charge on any atom is 0.0192 e. The van der Waals surface area contributed by atoms with Crippen LogP contribution < -0.4 is 17.2 Å². The molecule has 0 heterocycles. The van der Waals surface area contributed by atoms with E-state index in [9.17, 15) is 0 Å². The Kier molecular flexibility index (Phi) is 15.7. The molecule has 0 saturated carbocycles. The Balaban J connectivity index is 3.47. The molecule has 22 heavy (non-hydrogen) atoms. The van der Waals surface area contributed by atoms with Crippen LogP contribution >= 0.6 is 0 Å². The highest BCUT2D eigenvalue weighted by molar-refractivity contribution is 4.76. The van der Waals surface area contributed by atoms with Crippen molar-refractivity contribution in [2.24, 2.45) is 17.2 Å². The number of unbranched alkanes of at least 4 members (excludes halogenated alkanes) is 7. The molecule has 0 fully saturated rings. The zero-order valence-electron chi connectivity index (χ0n) is 15.4. The minimum Gasteiger partial charge on any atom is -0.328 e. The average Bonchev–Trinajstić information content (AvgIpc) is 2.52. The minimum absolute atomic E-state index is 0.169. The third-order valence-electron chi connectivity index (χ3n) is 4.73. The van der Waals surface area contributed by atoms with E-state index in [-0.39, 0.29) is 12.1 Å². The zero-order chi connectivity index (χ0) is 16.6. The van der Waals surface area contributed by atoms with Crippen LogP contribution in [0, 0.1) is 0 Å². The Bertz CT molecular complexity index is 221. The Morgan fingerprint density at radius 2 is 0.909 bits per heavy atom. The fraction of sp³-hybridized carbons (Fsp3) is 1.00. The van der Waals surface area contributed by atoms with Gasteiger partial charge in [-0.05, 0) is 25.7 Å². The second kappa shape index (κ2) is 15.8. The van der Waals surface area contributed by atoms with Gasteiger partial charge in [0.2, 0.25) is 0 Å². The van der Waals surface area contributed by atoms with E-state index in [1.54, 1.807) is 0 Å². The van der Waals surface area contributed by atoms with Crippen molar-refractivity contribution in [2.45, 2.75) is 122 Å². The molecule has 0 aromatic rings. The third-order valence-corrected chi connectivity index (χ3v) is 4.73. The topological polar surface area (TPSA) is 78.1 Å². The predicted octanol–water partition coefficient (Wildman–Crippen LogP) is 4.47. The fourth-order valence-electron chi connectivity index (χ4n) is 2.99. The fourth-order valence-corrected chi connectivity index (χ4v) is 2.99. The highest BCUT2D eigenvalue weighted by Crippen LogP contribution is 2.13. The van der Waals surface area contributed by atoms with Gasteiger partial charge in [0.05, 0.1) is 0 Å². The lowest BCUT2D eigenvalue weighted by Crippen LogP contribution is -2.41. The van der Waals surface area contributed by atoms with Gasteiger partial charge in [-0.15, -0.1) is 0 Å². The van der Waals surface area contributed by atoms with Gasteiger partial charge in [0.15, 0.2) is 0 Å². The Morgan fingerprint density at radius 1 is 0.500 bits per heavy atom. The summed E-state index contributed by atoms with van der Waals surface area (Å²) in [6, 6.07) is 0.732. The molecule has 3 heteroatoms. The molecule has 0 bridgehead atoms. The van der Waals surface area contributed by atoms with E-state index >= 15 is 0 Å². The van der Waals surface area contributed by atoms with E-state index < -0.39 is 0 Å². The summed E-state index contributed by atoms with van der Waals surface area (Å²) in [5.74, 6) is 0. The summed E-state index contributed by atoms with van der Waals surface area (Å²) < 4.78 is 0. The van der Waals surface area contributed by atoms with Crippen molar-refractivity contribution < 1.29 is 0 Å². The molecule has 134 valence electrons. The van der Waals surface area contributed by atoms with Crippen molar-refractivity contribution in [3.05, 3.63) is 0 Å². The van der Waals surface area contributed by atoms with E-state index in [0.29, 0.717) is 6.04 Å². The van der Waals surface area contributed by atoms with Crippen LogP contribution in [0.1, 0.15) is 104 Å². The summed E-state index contributed by atoms with van der Waals surface area (Å²) in [6.07, 6.45) is 17.3. The minimum atomic E-state index is 0.169. The first-order valence-corrected chi connectivity index (χ1v) is 9.88. The van der Waals surface area contributed by atoms with Gasteiger partial charge in [0.1, 0.15) is 0 Å². The van der Waals surface area contributed by atoms with Crippen molar-refractivity contribution >= 4 is 0 Å². The van der Waals surface area contributed by atoms with Crippen molar-refractivity contribution in [1.29, 1.82) is 0 Å². The SMILES string of the molecule is CCCCCCCCC(N)C(N)CCCCC(N)CCCC. The Morgan fingerprint density at radius 3 is 1.50 bits per heavy atom. The summed E-state index contributed by atoms with van der Waals surface area (Å²) in [7, 11) is 0. The van der Waals surface area contributed by atoms with Crippen molar-refractivity contribution in [1.82, 2.24) is 0 Å². The molecule has 0 spiro atoms. The molecule has 0 aliphatic heterocycles. The molecule has 0 saturated heterocycles. The number of hydrogen-bond acceptors (Lipinski definition) is 3. The van der Waals surface area contributed by atoms with Crippen LogP contribution in [0.5, 0.6) is 0 Å². The lowest BCUT2D eigenvalue weighted by Gasteiger charge is -2.20. The molecule has 3 unspecified atom stereocenters. The smallest absolute Gasteiger partial charge is 0.0192 e. The van der Waals surface area contributed by atoms with E-state index in [0.717, 1.165) is 19.3 Å². The van der Waals surface area contributed by atoms with Gasteiger partial charge in [0.25, 0.3) is 0 Å². The van der Waals surface area contributed by atoms with Crippen LogP contribution in [0.15, 0.2) is 0 Å². The van der Waals surface area contributed by atoms with Crippen LogP contribution in [-0.2, 0) is 0 Å². The summed E-state index contributed by atoms with van der Waals surface area (Å²) in [6.45, 7) is 4.47. The van der Waals surface area contributed by atoms with Gasteiger partial charge in [-0.3, -0.25) is 0 Å². The standard InChI is InChI=1S/C19H43N3/c1-3-5-7-8-9-10-15-18(21)19(22)16-12-11-14-17(20)13-6-4-2/h17-19H,3-16,20-22H2,1-2H3. The maximum atomic E-state index is 6.22. The first-order chi connectivity index (χ1) is 10.6. The predicted molar refractivity (Wildman–Crippen MR) is 99.9 cm³/mol. The molecular weight excluding hydrogens is 270 g/mol. The molecule has 0 aliphatic rings. The van der Waals surface area contributed by atoms with Crippen LogP contribution in [0.25, 0.3) is 0 Å². The lowest BCUT2D eigenvalue weighted by atomic mass is 9.96. The first kappa shape index (κ1) is 21.9. The van der Waals surface area contributed by atoms with Gasteiger partial charge in [-0.2, -0.15) is 0 Å². The normalized spacial score (nSPS) is 15.7. The van der Waals surface area contributed by atoms with Gasteiger partial charge in [-0.1, -0.05) is 78.1 Å². The van der Waals surface area contributed by atoms with Crippen LogP contribution in [0.4, 0.5) is 0 Å². The van der Waals surface area contributed by atoms with Crippen LogP contribution in [-0.4, -0.2) is 18.1 Å². The summed E-state index contributed by atoms with van der Waals surface area (Å²) in [4.78, 5) is 0. The molecular formula is C19H43N3. The highest BCUT2D eigenvalue weighted by atomic mass is 14.8. The molecule has 0 radical (unpaired) electrons. The van der Waals surface area contributed by atoms with Gasteiger partial charge >= 0.3 is 0 Å². The molecule has 3 nitrogen and oxygen atoms in total. The maximum absolute atomic E-state index is 6.22. The third kappa shape index (κ3) is 13.5. The van der Waals surface area contributed by atoms with Crippen molar-refractivity contribution in [3.63, 3.8) is 0 Å². The average molecular weight is 314 g/mol. The summed E-state index contributed by atoms with van der Waals surface area (Å²) in [5, 5.41) is 0. The molecule has 3 atom stereocenters. The van der Waals surface area contributed by atoms with E-state index in [1.807, 2.05) is 0 Å². The quantitative estimate of drug-likeness (QED) is 0.368. The second-order valence-electron chi connectivity index (χ2n) is 7.07. The van der Waals surface area contributed by atoms with Crippen LogP contribution in [0.2, 0.25) is 0 Å². The van der Waals surface area contributed by atoms with E-state index in [2.05, 4.69) is 13.8 Å². The van der Waals surface area contributed by atoms with Crippen molar-refractivity contribution in [3.8, 4) is 0 Å². The largest absolute Gasteiger partial charge is 0.328 e. The van der Waals surface area contributed by atoms with Crippen molar-refractivity contribution in [2.75, 3.05) is 0 Å². The van der Waals surface area contributed by atoms with Crippen LogP contribution in [0.3, 0.4) is 0 Å². The molecule has 6 N–H and O–H groups in total. The summed E-state index contributed by atoms with van der Waals surface area (Å²) in [5.41, 5.74) is 18.5. The summed E-state index contributed by atoms with van der Waals surface area (Å²) >= 11 is 0. The van der Waals surface area contributed by atoms with Gasteiger partial charge in [0, 0.05) is 18.1 Å². The van der Waals surface area contributed by atoms with E-state index in [4.69, 9.17) is 17.2 Å². The second-order valence-corrected chi connectivity index (χ2v) is 7.07. The Labute approximate surface area is 139 Å². The van der Waals surface area contributed by atoms with Gasteiger partial charge in [-0.25, -0.2) is 0 Å². The van der Waals surface area contributed by atoms with Gasteiger partial charge < -0.3 is 17.2 Å². The monoisotopic (exact) mass is 313 g/mol. The van der Waals surface area contributed by atoms with E-state index in [1.165, 1.54) is 70.6 Å². The number of nitrogens with two attached hydrogens (primary N) is 3. The Hall–Kier alpha value is -0.120. The first-order valence-electron chi connectivity index (χ1n) is 9.88. The zero-order valence-corrected chi connectivity index (χ0v) is 15.4. The molecule has 0 amide bonds. The molecule has 0 rings (SSSR count). The highest BCUT2D eigenvalue weighted by Gasteiger charge is 2.12. The molecule has 0 aromatic heterocycles.